The molecule has 1 fully saturated rings. The van der Waals surface area contributed by atoms with Crippen molar-refractivity contribution in [3.63, 3.8) is 0 Å². The topological polar surface area (TPSA) is 75.7 Å². The number of nitrogens with one attached hydrogen (secondary N) is 1. The van der Waals surface area contributed by atoms with Gasteiger partial charge in [0.1, 0.15) is 5.75 Å². The highest BCUT2D eigenvalue weighted by Gasteiger charge is 2.32. The van der Waals surface area contributed by atoms with Crippen molar-refractivity contribution >= 4 is 39.1 Å². The molecular formula is C21H24Cl2N2O4S. The van der Waals surface area contributed by atoms with Gasteiger partial charge in [-0.2, -0.15) is 0 Å². The van der Waals surface area contributed by atoms with Crippen LogP contribution in [0.25, 0.3) is 0 Å². The van der Waals surface area contributed by atoms with E-state index in [0.29, 0.717) is 41.5 Å². The van der Waals surface area contributed by atoms with Crippen molar-refractivity contribution in [2.24, 2.45) is 5.92 Å². The van der Waals surface area contributed by atoms with Gasteiger partial charge in [0.05, 0.1) is 18.8 Å². The highest BCUT2D eigenvalue weighted by molar-refractivity contribution is 7.88. The number of halogens is 2. The highest BCUT2D eigenvalue weighted by Crippen LogP contribution is 2.26. The Bertz CT molecular complexity index is 997. The fourth-order valence-corrected chi connectivity index (χ4v) is 5.61. The molecule has 30 heavy (non-hydrogen) atoms. The van der Waals surface area contributed by atoms with E-state index >= 15 is 0 Å². The molecule has 1 aliphatic rings. The Balaban J connectivity index is 1.59. The summed E-state index contributed by atoms with van der Waals surface area (Å²) in [7, 11) is -2.00. The molecule has 1 atom stereocenters. The van der Waals surface area contributed by atoms with Crippen LogP contribution in [0.4, 0.5) is 0 Å². The molecule has 0 aliphatic carbocycles. The Morgan fingerprint density at radius 1 is 1.20 bits per heavy atom. The average Bonchev–Trinajstić information content (AvgIpc) is 2.74. The minimum absolute atomic E-state index is 0.143. The smallest absolute Gasteiger partial charge is 0.224 e. The minimum atomic E-state index is -3.60. The van der Waals surface area contributed by atoms with Gasteiger partial charge in [-0.25, -0.2) is 12.7 Å². The molecule has 0 unspecified atom stereocenters. The zero-order valence-corrected chi connectivity index (χ0v) is 18.9. The van der Waals surface area contributed by atoms with Crippen LogP contribution in [0.15, 0.2) is 42.5 Å². The molecule has 0 bridgehead atoms. The van der Waals surface area contributed by atoms with Crippen LogP contribution in [0.1, 0.15) is 24.0 Å². The molecule has 0 radical (unpaired) electrons. The summed E-state index contributed by atoms with van der Waals surface area (Å²) in [6.45, 7) is 0.949. The Morgan fingerprint density at radius 2 is 1.93 bits per heavy atom. The number of sulfonamides is 1. The van der Waals surface area contributed by atoms with Gasteiger partial charge in [-0.1, -0.05) is 41.4 Å². The van der Waals surface area contributed by atoms with Gasteiger partial charge in [-0.05, 0) is 48.2 Å². The number of amides is 1. The SMILES string of the molecule is COc1ccc(CNC(=O)[C@@H]2CCCN(S(=O)(=O)Cc3ccc(Cl)cc3Cl)C2)cc1. The Hall–Kier alpha value is -1.80. The second-order valence-corrected chi connectivity index (χ2v) is 10.1. The van der Waals surface area contributed by atoms with Crippen molar-refractivity contribution < 1.29 is 17.9 Å². The lowest BCUT2D eigenvalue weighted by molar-refractivity contribution is -0.126. The number of ether oxygens (including phenoxy) is 1. The van der Waals surface area contributed by atoms with Gasteiger partial charge in [-0.3, -0.25) is 4.79 Å². The zero-order valence-electron chi connectivity index (χ0n) is 16.6. The summed E-state index contributed by atoms with van der Waals surface area (Å²) in [5, 5.41) is 3.67. The van der Waals surface area contributed by atoms with Crippen molar-refractivity contribution in [3.05, 3.63) is 63.6 Å². The van der Waals surface area contributed by atoms with Gasteiger partial charge in [0.2, 0.25) is 15.9 Å². The molecule has 1 N–H and O–H groups in total. The van der Waals surface area contributed by atoms with Crippen LogP contribution in [0, 0.1) is 5.92 Å². The first-order valence-electron chi connectivity index (χ1n) is 9.61. The Morgan fingerprint density at radius 3 is 2.60 bits per heavy atom. The van der Waals surface area contributed by atoms with Crippen molar-refractivity contribution in [2.75, 3.05) is 20.2 Å². The van der Waals surface area contributed by atoms with Crippen LogP contribution in [-0.4, -0.2) is 38.8 Å². The molecule has 1 amide bonds. The lowest BCUT2D eigenvalue weighted by Crippen LogP contribution is -2.45. The largest absolute Gasteiger partial charge is 0.497 e. The van der Waals surface area contributed by atoms with E-state index in [2.05, 4.69) is 5.32 Å². The molecule has 0 aromatic heterocycles. The third kappa shape index (κ3) is 5.88. The monoisotopic (exact) mass is 470 g/mol. The van der Waals surface area contributed by atoms with E-state index in [1.165, 1.54) is 10.4 Å². The van der Waals surface area contributed by atoms with E-state index in [1.807, 2.05) is 24.3 Å². The van der Waals surface area contributed by atoms with Gasteiger partial charge in [-0.15, -0.1) is 0 Å². The zero-order chi connectivity index (χ0) is 21.7. The number of hydrogen-bond donors (Lipinski definition) is 1. The Labute approximate surface area is 187 Å². The van der Waals surface area contributed by atoms with Crippen LogP contribution in [-0.2, 0) is 27.1 Å². The van der Waals surface area contributed by atoms with Crippen LogP contribution in [0.2, 0.25) is 10.0 Å². The molecule has 1 aliphatic heterocycles. The van der Waals surface area contributed by atoms with Gasteiger partial charge in [0, 0.05) is 29.7 Å². The van der Waals surface area contributed by atoms with Crippen molar-refractivity contribution in [1.82, 2.24) is 9.62 Å². The molecule has 3 rings (SSSR count). The summed E-state index contributed by atoms with van der Waals surface area (Å²) >= 11 is 12.0. The molecule has 1 saturated heterocycles. The predicted molar refractivity (Wildman–Crippen MR) is 118 cm³/mol. The third-order valence-electron chi connectivity index (χ3n) is 5.13. The standard InChI is InChI=1S/C21H24Cl2N2O4S/c1-29-19-8-4-15(5-9-19)12-24-21(26)16-3-2-10-25(13-16)30(27,28)14-17-6-7-18(22)11-20(17)23/h4-9,11,16H,2-3,10,12-14H2,1H3,(H,24,26)/t16-/m1/s1. The van der Waals surface area contributed by atoms with Crippen LogP contribution >= 0.6 is 23.2 Å². The van der Waals surface area contributed by atoms with Crippen LogP contribution in [0.5, 0.6) is 5.75 Å². The fourth-order valence-electron chi connectivity index (χ4n) is 3.41. The fraction of sp³-hybridized carbons (Fsp3) is 0.381. The molecular weight excluding hydrogens is 447 g/mol. The normalized spacial score (nSPS) is 17.5. The molecule has 0 spiro atoms. The number of carbonyl (C=O) groups is 1. The second kappa shape index (κ2) is 10.0. The molecule has 1 heterocycles. The number of methoxy groups -OCH3 is 1. The number of rotatable bonds is 7. The van der Waals surface area contributed by atoms with Gasteiger partial charge in [0.15, 0.2) is 0 Å². The summed E-state index contributed by atoms with van der Waals surface area (Å²) in [5.74, 6) is 0.00474. The van der Waals surface area contributed by atoms with E-state index in [0.717, 1.165) is 11.3 Å². The first-order valence-corrected chi connectivity index (χ1v) is 12.0. The van der Waals surface area contributed by atoms with Crippen molar-refractivity contribution in [2.45, 2.75) is 25.1 Å². The van der Waals surface area contributed by atoms with Gasteiger partial charge >= 0.3 is 0 Å². The maximum atomic E-state index is 12.9. The number of benzene rings is 2. The van der Waals surface area contributed by atoms with Crippen LogP contribution < -0.4 is 10.1 Å². The van der Waals surface area contributed by atoms with Gasteiger partial charge in [0.25, 0.3) is 0 Å². The molecule has 6 nitrogen and oxygen atoms in total. The predicted octanol–water partition coefficient (Wildman–Crippen LogP) is 3.86. The maximum Gasteiger partial charge on any atom is 0.224 e. The maximum absolute atomic E-state index is 12.9. The summed E-state index contributed by atoms with van der Waals surface area (Å²) in [4.78, 5) is 12.6. The first-order chi connectivity index (χ1) is 14.3. The number of piperidine rings is 1. The summed E-state index contributed by atoms with van der Waals surface area (Å²) in [6.07, 6.45) is 1.29. The lowest BCUT2D eigenvalue weighted by atomic mass is 9.99. The quantitative estimate of drug-likeness (QED) is 0.666. The van der Waals surface area contributed by atoms with E-state index in [4.69, 9.17) is 27.9 Å². The van der Waals surface area contributed by atoms with Crippen LogP contribution in [0.3, 0.4) is 0 Å². The summed E-state index contributed by atoms with van der Waals surface area (Å²) in [5.41, 5.74) is 1.44. The van der Waals surface area contributed by atoms with Crippen molar-refractivity contribution in [3.8, 4) is 5.75 Å². The minimum Gasteiger partial charge on any atom is -0.497 e. The molecule has 162 valence electrons. The van der Waals surface area contributed by atoms with E-state index in [9.17, 15) is 13.2 Å². The third-order valence-corrected chi connectivity index (χ3v) is 7.51. The average molecular weight is 471 g/mol. The Kier molecular flexibility index (Phi) is 7.63. The first kappa shape index (κ1) is 22.9. The van der Waals surface area contributed by atoms with E-state index in [-0.39, 0.29) is 24.1 Å². The highest BCUT2D eigenvalue weighted by atomic mass is 35.5. The number of hydrogen-bond acceptors (Lipinski definition) is 4. The lowest BCUT2D eigenvalue weighted by Gasteiger charge is -2.31. The molecule has 9 heteroatoms. The number of carbonyl (C=O) groups excluding carboxylic acids is 1. The number of nitrogens with zero attached hydrogens (tertiary/aromatic N) is 1. The van der Waals surface area contributed by atoms with E-state index < -0.39 is 10.0 Å². The van der Waals surface area contributed by atoms with E-state index in [1.54, 1.807) is 19.2 Å². The van der Waals surface area contributed by atoms with Crippen molar-refractivity contribution in [1.29, 1.82) is 0 Å². The second-order valence-electron chi connectivity index (χ2n) is 7.26. The molecule has 2 aromatic carbocycles. The summed E-state index contributed by atoms with van der Waals surface area (Å²) in [6, 6.07) is 12.2. The molecule has 2 aromatic rings. The summed E-state index contributed by atoms with van der Waals surface area (Å²) < 4.78 is 32.3. The molecule has 0 saturated carbocycles. The van der Waals surface area contributed by atoms with Gasteiger partial charge < -0.3 is 10.1 Å².